The van der Waals surface area contributed by atoms with E-state index in [-0.39, 0.29) is 19.1 Å². The van der Waals surface area contributed by atoms with E-state index >= 15 is 0 Å². The third-order valence-corrected chi connectivity index (χ3v) is 2.69. The molecule has 0 saturated heterocycles. The second-order valence-corrected chi connectivity index (χ2v) is 4.71. The summed E-state index contributed by atoms with van der Waals surface area (Å²) in [6.45, 7) is 1.48. The molecule has 0 radical (unpaired) electrons. The van der Waals surface area contributed by atoms with Gasteiger partial charge < -0.3 is 15.2 Å². The quantitative estimate of drug-likeness (QED) is 0.837. The van der Waals surface area contributed by atoms with E-state index in [0.29, 0.717) is 5.75 Å². The van der Waals surface area contributed by atoms with Crippen molar-refractivity contribution in [2.75, 3.05) is 13.2 Å². The van der Waals surface area contributed by atoms with Gasteiger partial charge in [-0.2, -0.15) is 0 Å². The lowest BCUT2D eigenvalue weighted by Crippen LogP contribution is -2.34. The normalized spacial score (nSPS) is 11.7. The molecule has 1 rings (SSSR count). The fourth-order valence-electron chi connectivity index (χ4n) is 1.11. The molecule has 0 saturated carbocycles. The minimum atomic E-state index is -0.941. The highest BCUT2D eigenvalue weighted by atomic mass is 79.9. The Bertz CT molecular complexity index is 436. The number of carbonyl (C=O) groups excluding carboxylic acids is 1. The van der Waals surface area contributed by atoms with Crippen LogP contribution in [0.4, 0.5) is 0 Å². The van der Waals surface area contributed by atoms with E-state index in [1.165, 1.54) is 6.92 Å². The Kier molecular flexibility index (Phi) is 5.64. The molecule has 6 heteroatoms. The third kappa shape index (κ3) is 5.18. The molecule has 1 aromatic carbocycles. The summed E-state index contributed by atoms with van der Waals surface area (Å²) in [6, 6.07) is 7.12. The summed E-state index contributed by atoms with van der Waals surface area (Å²) in [5, 5.41) is 11.1. The first-order valence-electron chi connectivity index (χ1n) is 5.37. The summed E-state index contributed by atoms with van der Waals surface area (Å²) in [6.07, 6.45) is 0. The predicted molar refractivity (Wildman–Crippen MR) is 69.4 cm³/mol. The van der Waals surface area contributed by atoms with Crippen LogP contribution in [0.15, 0.2) is 28.7 Å². The van der Waals surface area contributed by atoms with Crippen molar-refractivity contribution in [3.8, 4) is 5.75 Å². The summed E-state index contributed by atoms with van der Waals surface area (Å²) in [5.74, 6) is -1.32. The average molecular weight is 316 g/mol. The highest BCUT2D eigenvalue weighted by Crippen LogP contribution is 2.17. The highest BCUT2D eigenvalue weighted by molar-refractivity contribution is 9.10. The van der Waals surface area contributed by atoms with Gasteiger partial charge in [-0.25, -0.2) is 0 Å². The Balaban J connectivity index is 2.31. The zero-order chi connectivity index (χ0) is 13.5. The van der Waals surface area contributed by atoms with E-state index in [1.54, 1.807) is 18.2 Å². The number of aliphatic carboxylic acids is 1. The molecule has 0 fully saturated rings. The van der Waals surface area contributed by atoms with Crippen LogP contribution in [0, 0.1) is 5.92 Å². The van der Waals surface area contributed by atoms with Gasteiger partial charge in [0.2, 0.25) is 0 Å². The molecule has 0 aliphatic heterocycles. The van der Waals surface area contributed by atoms with Crippen molar-refractivity contribution in [3.05, 3.63) is 28.7 Å². The zero-order valence-corrected chi connectivity index (χ0v) is 11.4. The molecule has 0 heterocycles. The second kappa shape index (κ2) is 7.00. The number of carboxylic acid groups (broad SMARTS) is 1. The summed E-state index contributed by atoms with van der Waals surface area (Å²) in [4.78, 5) is 21.9. The lowest BCUT2D eigenvalue weighted by atomic mass is 10.2. The number of amides is 1. The van der Waals surface area contributed by atoms with Gasteiger partial charge in [0.15, 0.2) is 6.61 Å². The number of rotatable bonds is 6. The Morgan fingerprint density at radius 3 is 2.83 bits per heavy atom. The monoisotopic (exact) mass is 315 g/mol. The molecule has 98 valence electrons. The topological polar surface area (TPSA) is 75.6 Å². The summed E-state index contributed by atoms with van der Waals surface area (Å²) in [7, 11) is 0. The molecule has 5 nitrogen and oxygen atoms in total. The van der Waals surface area contributed by atoms with E-state index in [2.05, 4.69) is 21.2 Å². The van der Waals surface area contributed by atoms with Gasteiger partial charge in [-0.15, -0.1) is 0 Å². The third-order valence-electron chi connectivity index (χ3n) is 2.19. The van der Waals surface area contributed by atoms with Crippen LogP contribution < -0.4 is 10.1 Å². The maximum atomic E-state index is 11.4. The van der Waals surface area contributed by atoms with Gasteiger partial charge in [0, 0.05) is 11.0 Å². The number of ether oxygens (including phenoxy) is 1. The summed E-state index contributed by atoms with van der Waals surface area (Å²) in [5.41, 5.74) is 0. The largest absolute Gasteiger partial charge is 0.484 e. The van der Waals surface area contributed by atoms with E-state index in [4.69, 9.17) is 9.84 Å². The van der Waals surface area contributed by atoms with Crippen LogP contribution in [0.2, 0.25) is 0 Å². The number of carboxylic acids is 1. The molecule has 0 bridgehead atoms. The van der Waals surface area contributed by atoms with Gasteiger partial charge in [-0.1, -0.05) is 28.9 Å². The minimum Gasteiger partial charge on any atom is -0.484 e. The van der Waals surface area contributed by atoms with E-state index in [1.807, 2.05) is 6.07 Å². The SMILES string of the molecule is CC(CNC(=O)COc1cccc(Br)c1)C(=O)O. The number of hydrogen-bond donors (Lipinski definition) is 2. The second-order valence-electron chi connectivity index (χ2n) is 3.79. The first kappa shape index (κ1) is 14.5. The molecule has 1 amide bonds. The van der Waals surface area contributed by atoms with Crippen LogP contribution in [0.1, 0.15) is 6.92 Å². The lowest BCUT2D eigenvalue weighted by molar-refractivity contribution is -0.141. The van der Waals surface area contributed by atoms with Gasteiger partial charge in [0.05, 0.1) is 5.92 Å². The standard InChI is InChI=1S/C12H14BrNO4/c1-8(12(16)17)6-14-11(15)7-18-10-4-2-3-9(13)5-10/h2-5,8H,6-7H2,1H3,(H,14,15)(H,16,17). The molecule has 0 aromatic heterocycles. The van der Waals surface area contributed by atoms with Crippen LogP contribution in [0.5, 0.6) is 5.75 Å². The van der Waals surface area contributed by atoms with Crippen molar-refractivity contribution in [2.24, 2.45) is 5.92 Å². The van der Waals surface area contributed by atoms with Crippen molar-refractivity contribution in [2.45, 2.75) is 6.92 Å². The molecular weight excluding hydrogens is 302 g/mol. The Labute approximate surface area is 113 Å². The van der Waals surface area contributed by atoms with Crippen LogP contribution in [0.25, 0.3) is 0 Å². The fraction of sp³-hybridized carbons (Fsp3) is 0.333. The molecule has 1 atom stereocenters. The van der Waals surface area contributed by atoms with Crippen molar-refractivity contribution < 1.29 is 19.4 Å². The average Bonchev–Trinajstić information content (AvgIpc) is 2.33. The highest BCUT2D eigenvalue weighted by Gasteiger charge is 2.12. The van der Waals surface area contributed by atoms with Gasteiger partial charge in [-0.05, 0) is 18.2 Å². The molecule has 1 aromatic rings. The zero-order valence-electron chi connectivity index (χ0n) is 9.85. The first-order chi connectivity index (χ1) is 8.49. The van der Waals surface area contributed by atoms with Crippen molar-refractivity contribution in [1.82, 2.24) is 5.32 Å². The van der Waals surface area contributed by atoms with Crippen LogP contribution in [-0.4, -0.2) is 30.1 Å². The molecular formula is C12H14BrNO4. The van der Waals surface area contributed by atoms with Crippen molar-refractivity contribution in [1.29, 1.82) is 0 Å². The van der Waals surface area contributed by atoms with Crippen LogP contribution in [0.3, 0.4) is 0 Å². The Morgan fingerprint density at radius 1 is 1.50 bits per heavy atom. The maximum Gasteiger partial charge on any atom is 0.308 e. The number of halogens is 1. The Hall–Kier alpha value is -1.56. The van der Waals surface area contributed by atoms with Crippen LogP contribution >= 0.6 is 15.9 Å². The van der Waals surface area contributed by atoms with E-state index < -0.39 is 11.9 Å². The fourth-order valence-corrected chi connectivity index (χ4v) is 1.49. The van der Waals surface area contributed by atoms with Gasteiger partial charge >= 0.3 is 5.97 Å². The van der Waals surface area contributed by atoms with Gasteiger partial charge in [0.25, 0.3) is 5.91 Å². The number of benzene rings is 1. The predicted octanol–water partition coefficient (Wildman–Crippen LogP) is 1.66. The summed E-state index contributed by atoms with van der Waals surface area (Å²) >= 11 is 3.29. The van der Waals surface area contributed by atoms with Crippen LogP contribution in [-0.2, 0) is 9.59 Å². The smallest absolute Gasteiger partial charge is 0.308 e. The van der Waals surface area contributed by atoms with E-state index in [9.17, 15) is 9.59 Å². The molecule has 0 aliphatic carbocycles. The lowest BCUT2D eigenvalue weighted by Gasteiger charge is -2.09. The van der Waals surface area contributed by atoms with Gasteiger partial charge in [-0.3, -0.25) is 9.59 Å². The maximum absolute atomic E-state index is 11.4. The molecule has 0 aliphatic rings. The van der Waals surface area contributed by atoms with Gasteiger partial charge in [0.1, 0.15) is 5.75 Å². The minimum absolute atomic E-state index is 0.0933. The van der Waals surface area contributed by atoms with Crippen molar-refractivity contribution in [3.63, 3.8) is 0 Å². The molecule has 0 spiro atoms. The molecule has 1 unspecified atom stereocenters. The first-order valence-corrected chi connectivity index (χ1v) is 6.16. The Morgan fingerprint density at radius 2 is 2.22 bits per heavy atom. The molecule has 18 heavy (non-hydrogen) atoms. The molecule has 2 N–H and O–H groups in total. The number of hydrogen-bond acceptors (Lipinski definition) is 3. The number of nitrogens with one attached hydrogen (secondary N) is 1. The van der Waals surface area contributed by atoms with E-state index in [0.717, 1.165) is 4.47 Å². The summed E-state index contributed by atoms with van der Waals surface area (Å²) < 4.78 is 6.11. The number of carbonyl (C=O) groups is 2. The van der Waals surface area contributed by atoms with Crippen molar-refractivity contribution >= 4 is 27.8 Å².